The summed E-state index contributed by atoms with van der Waals surface area (Å²) in [5, 5.41) is 0. The largest absolute Gasteiger partial charge is 0.369 e. The van der Waals surface area contributed by atoms with Crippen molar-refractivity contribution in [3.05, 3.63) is 66.0 Å². The second-order valence-electron chi connectivity index (χ2n) is 6.44. The second-order valence-corrected chi connectivity index (χ2v) is 8.25. The minimum Gasteiger partial charge on any atom is -0.369 e. The van der Waals surface area contributed by atoms with Gasteiger partial charge in [0.1, 0.15) is 5.82 Å². The number of hydrogen-bond acceptors (Lipinski definition) is 4. The molecule has 0 aromatic heterocycles. The molecule has 0 spiro atoms. The number of halogens is 1. The van der Waals surface area contributed by atoms with E-state index in [1.807, 2.05) is 18.2 Å². The lowest BCUT2D eigenvalue weighted by Gasteiger charge is -2.36. The number of nitrogens with zero attached hydrogens (tertiary/aromatic N) is 2. The first-order valence-corrected chi connectivity index (χ1v) is 10.4. The third-order valence-corrected chi connectivity index (χ3v) is 5.87. The SMILES string of the molecule is O=S(=O)(Cc1ccc(F)cc1)NCCN1CCN(c2ccccc2)CC1. The van der Waals surface area contributed by atoms with Crippen LogP contribution in [0.2, 0.25) is 0 Å². The zero-order chi connectivity index (χ0) is 18.4. The predicted molar refractivity (Wildman–Crippen MR) is 102 cm³/mol. The molecule has 5 nitrogen and oxygen atoms in total. The minimum atomic E-state index is -3.41. The van der Waals surface area contributed by atoms with E-state index in [2.05, 4.69) is 26.7 Å². The van der Waals surface area contributed by atoms with Crippen LogP contribution in [0.5, 0.6) is 0 Å². The van der Waals surface area contributed by atoms with E-state index in [-0.39, 0.29) is 11.6 Å². The molecule has 1 aliphatic rings. The van der Waals surface area contributed by atoms with Gasteiger partial charge in [-0.2, -0.15) is 0 Å². The molecule has 1 heterocycles. The molecule has 1 saturated heterocycles. The average molecular weight is 377 g/mol. The number of sulfonamides is 1. The lowest BCUT2D eigenvalue weighted by atomic mass is 10.2. The van der Waals surface area contributed by atoms with Crippen molar-refractivity contribution in [3.63, 3.8) is 0 Å². The summed E-state index contributed by atoms with van der Waals surface area (Å²) in [4.78, 5) is 4.61. The summed E-state index contributed by atoms with van der Waals surface area (Å²) >= 11 is 0. The van der Waals surface area contributed by atoms with Gasteiger partial charge in [-0.05, 0) is 29.8 Å². The first kappa shape index (κ1) is 18.8. The molecular formula is C19H24FN3O2S. The van der Waals surface area contributed by atoms with Gasteiger partial charge < -0.3 is 4.90 Å². The highest BCUT2D eigenvalue weighted by Crippen LogP contribution is 2.15. The molecule has 1 aliphatic heterocycles. The van der Waals surface area contributed by atoms with Crippen molar-refractivity contribution in [1.82, 2.24) is 9.62 Å². The van der Waals surface area contributed by atoms with Crippen LogP contribution in [0.3, 0.4) is 0 Å². The molecule has 0 amide bonds. The Morgan fingerprint density at radius 2 is 1.58 bits per heavy atom. The maximum absolute atomic E-state index is 12.9. The van der Waals surface area contributed by atoms with Gasteiger partial charge in [0.15, 0.2) is 0 Å². The standard InChI is InChI=1S/C19H24FN3O2S/c20-18-8-6-17(7-9-18)16-26(24,25)21-10-11-22-12-14-23(15-13-22)19-4-2-1-3-5-19/h1-9,21H,10-16H2. The summed E-state index contributed by atoms with van der Waals surface area (Å²) in [6.07, 6.45) is 0. The Balaban J connectivity index is 1.40. The lowest BCUT2D eigenvalue weighted by molar-refractivity contribution is 0.262. The van der Waals surface area contributed by atoms with Gasteiger partial charge in [0.2, 0.25) is 10.0 Å². The van der Waals surface area contributed by atoms with Gasteiger partial charge in [0.25, 0.3) is 0 Å². The molecule has 1 N–H and O–H groups in total. The molecule has 2 aromatic rings. The first-order chi connectivity index (χ1) is 12.5. The van der Waals surface area contributed by atoms with Gasteiger partial charge in [0.05, 0.1) is 5.75 Å². The summed E-state index contributed by atoms with van der Waals surface area (Å²) in [7, 11) is -3.41. The molecule has 0 aliphatic carbocycles. The molecule has 26 heavy (non-hydrogen) atoms. The first-order valence-electron chi connectivity index (χ1n) is 8.76. The zero-order valence-corrected chi connectivity index (χ0v) is 15.5. The maximum atomic E-state index is 12.9. The number of anilines is 1. The second kappa shape index (κ2) is 8.62. The van der Waals surface area contributed by atoms with Crippen LogP contribution in [0.1, 0.15) is 5.56 Å². The molecule has 2 aromatic carbocycles. The van der Waals surface area contributed by atoms with Gasteiger partial charge in [-0.25, -0.2) is 17.5 Å². The average Bonchev–Trinajstić information content (AvgIpc) is 2.65. The number of hydrogen-bond donors (Lipinski definition) is 1. The van der Waals surface area contributed by atoms with Gasteiger partial charge in [-0.3, -0.25) is 4.90 Å². The number of benzene rings is 2. The topological polar surface area (TPSA) is 52.7 Å². The Morgan fingerprint density at radius 1 is 0.923 bits per heavy atom. The molecule has 0 unspecified atom stereocenters. The summed E-state index contributed by atoms with van der Waals surface area (Å²) in [5.41, 5.74) is 1.81. The fourth-order valence-corrected chi connectivity index (χ4v) is 4.21. The van der Waals surface area contributed by atoms with E-state index in [1.54, 1.807) is 0 Å². The molecule has 0 bridgehead atoms. The van der Waals surface area contributed by atoms with Crippen LogP contribution >= 0.6 is 0 Å². The number of nitrogens with one attached hydrogen (secondary N) is 1. The van der Waals surface area contributed by atoms with Crippen LogP contribution in [0.15, 0.2) is 54.6 Å². The predicted octanol–water partition coefficient (Wildman–Crippen LogP) is 2.07. The van der Waals surface area contributed by atoms with E-state index >= 15 is 0 Å². The summed E-state index contributed by atoms with van der Waals surface area (Å²) < 4.78 is 39.8. The van der Waals surface area contributed by atoms with Crippen molar-refractivity contribution in [2.75, 3.05) is 44.2 Å². The molecule has 140 valence electrons. The highest BCUT2D eigenvalue weighted by Gasteiger charge is 2.18. The van der Waals surface area contributed by atoms with Crippen LogP contribution in [0.25, 0.3) is 0 Å². The fraction of sp³-hybridized carbons (Fsp3) is 0.368. The molecule has 0 atom stereocenters. The van der Waals surface area contributed by atoms with Crippen LogP contribution in [-0.2, 0) is 15.8 Å². The molecule has 7 heteroatoms. The van der Waals surface area contributed by atoms with E-state index in [9.17, 15) is 12.8 Å². The Bertz CT molecular complexity index is 789. The van der Waals surface area contributed by atoms with Crippen molar-refractivity contribution in [1.29, 1.82) is 0 Å². The smallest absolute Gasteiger partial charge is 0.215 e. The minimum absolute atomic E-state index is 0.130. The van der Waals surface area contributed by atoms with Crippen molar-refractivity contribution in [2.45, 2.75) is 5.75 Å². The molecule has 0 radical (unpaired) electrons. The van der Waals surface area contributed by atoms with E-state index in [0.29, 0.717) is 18.7 Å². The van der Waals surface area contributed by atoms with Gasteiger partial charge >= 0.3 is 0 Å². The fourth-order valence-electron chi connectivity index (χ4n) is 3.08. The van der Waals surface area contributed by atoms with Crippen LogP contribution in [0.4, 0.5) is 10.1 Å². The summed E-state index contributed by atoms with van der Waals surface area (Å²) in [6, 6.07) is 15.9. The van der Waals surface area contributed by atoms with Crippen LogP contribution in [0, 0.1) is 5.82 Å². The molecule has 1 fully saturated rings. The zero-order valence-electron chi connectivity index (χ0n) is 14.6. The highest BCUT2D eigenvalue weighted by atomic mass is 32.2. The number of piperazine rings is 1. The van der Waals surface area contributed by atoms with Gasteiger partial charge in [-0.1, -0.05) is 30.3 Å². The van der Waals surface area contributed by atoms with E-state index < -0.39 is 10.0 Å². The van der Waals surface area contributed by atoms with Crippen molar-refractivity contribution in [3.8, 4) is 0 Å². The van der Waals surface area contributed by atoms with E-state index in [1.165, 1.54) is 30.0 Å². The van der Waals surface area contributed by atoms with Crippen LogP contribution < -0.4 is 9.62 Å². The van der Waals surface area contributed by atoms with Gasteiger partial charge in [-0.15, -0.1) is 0 Å². The van der Waals surface area contributed by atoms with E-state index in [4.69, 9.17) is 0 Å². The Kier molecular flexibility index (Phi) is 6.24. The summed E-state index contributed by atoms with van der Waals surface area (Å²) in [6.45, 7) is 4.77. The normalized spacial score (nSPS) is 16.0. The highest BCUT2D eigenvalue weighted by molar-refractivity contribution is 7.88. The monoisotopic (exact) mass is 377 g/mol. The Morgan fingerprint density at radius 3 is 2.23 bits per heavy atom. The third-order valence-electron chi connectivity index (χ3n) is 4.51. The lowest BCUT2D eigenvalue weighted by Crippen LogP contribution is -2.48. The maximum Gasteiger partial charge on any atom is 0.215 e. The quantitative estimate of drug-likeness (QED) is 0.803. The molecule has 3 rings (SSSR count). The summed E-state index contributed by atoms with van der Waals surface area (Å²) in [5.74, 6) is -0.497. The molecular weight excluding hydrogens is 353 g/mol. The van der Waals surface area contributed by atoms with Crippen LogP contribution in [-0.4, -0.2) is 52.6 Å². The Hall–Kier alpha value is -1.96. The van der Waals surface area contributed by atoms with E-state index in [0.717, 1.165) is 26.2 Å². The molecule has 0 saturated carbocycles. The Labute approximate surface area is 154 Å². The van der Waals surface area contributed by atoms with Crippen molar-refractivity contribution in [2.24, 2.45) is 0 Å². The van der Waals surface area contributed by atoms with Gasteiger partial charge in [0, 0.05) is 45.0 Å². The third kappa shape index (κ3) is 5.52. The number of para-hydroxylation sites is 1. The van der Waals surface area contributed by atoms with Crippen molar-refractivity contribution < 1.29 is 12.8 Å². The van der Waals surface area contributed by atoms with Crippen molar-refractivity contribution >= 4 is 15.7 Å². The number of rotatable bonds is 7.